The van der Waals surface area contributed by atoms with Crippen LogP contribution in [0.2, 0.25) is 0 Å². The number of aromatic nitrogens is 2. The van der Waals surface area contributed by atoms with Crippen LogP contribution in [0.25, 0.3) is 0 Å². The zero-order chi connectivity index (χ0) is 13.0. The van der Waals surface area contributed by atoms with Gasteiger partial charge >= 0.3 is 0 Å². The van der Waals surface area contributed by atoms with Crippen LogP contribution in [0.4, 0.5) is 11.5 Å². The number of rotatable bonds is 3. The standard InChI is InChI=1S/C13H13N5/c1-18(9-12-4-2-3-5-16-12)13-10(7-14)6-11(15)8-17-13/h2-6,8H,9,15H2,1H3. The summed E-state index contributed by atoms with van der Waals surface area (Å²) in [5.41, 5.74) is 7.48. The summed E-state index contributed by atoms with van der Waals surface area (Å²) < 4.78 is 0. The molecule has 0 saturated carbocycles. The maximum atomic E-state index is 9.07. The van der Waals surface area contributed by atoms with Crippen LogP contribution in [0.5, 0.6) is 0 Å². The molecule has 0 aromatic carbocycles. The molecule has 2 aromatic heterocycles. The minimum Gasteiger partial charge on any atom is -0.397 e. The summed E-state index contributed by atoms with van der Waals surface area (Å²) in [6.07, 6.45) is 3.29. The Morgan fingerprint density at radius 3 is 2.89 bits per heavy atom. The number of nitrogens with two attached hydrogens (primary N) is 1. The molecule has 90 valence electrons. The fourth-order valence-corrected chi connectivity index (χ4v) is 1.67. The Balaban J connectivity index is 2.24. The van der Waals surface area contributed by atoms with E-state index in [0.717, 1.165) is 5.69 Å². The van der Waals surface area contributed by atoms with Gasteiger partial charge in [0.2, 0.25) is 0 Å². The lowest BCUT2D eigenvalue weighted by atomic mass is 10.2. The van der Waals surface area contributed by atoms with Gasteiger partial charge < -0.3 is 10.6 Å². The van der Waals surface area contributed by atoms with E-state index in [0.29, 0.717) is 23.6 Å². The third kappa shape index (κ3) is 2.55. The number of anilines is 2. The van der Waals surface area contributed by atoms with Gasteiger partial charge in [-0.1, -0.05) is 6.07 Å². The maximum absolute atomic E-state index is 9.07. The zero-order valence-corrected chi connectivity index (χ0v) is 10.0. The van der Waals surface area contributed by atoms with Gasteiger partial charge in [0.25, 0.3) is 0 Å². The lowest BCUT2D eigenvalue weighted by Gasteiger charge is -2.18. The van der Waals surface area contributed by atoms with Gasteiger partial charge in [0, 0.05) is 13.2 Å². The van der Waals surface area contributed by atoms with Crippen molar-refractivity contribution in [3.8, 4) is 6.07 Å². The van der Waals surface area contributed by atoms with E-state index in [1.807, 2.05) is 30.1 Å². The highest BCUT2D eigenvalue weighted by Crippen LogP contribution is 2.19. The van der Waals surface area contributed by atoms with Crippen LogP contribution in [0.15, 0.2) is 36.7 Å². The third-order valence-corrected chi connectivity index (χ3v) is 2.50. The van der Waals surface area contributed by atoms with E-state index < -0.39 is 0 Å². The molecule has 2 rings (SSSR count). The van der Waals surface area contributed by atoms with Gasteiger partial charge in [-0.15, -0.1) is 0 Å². The smallest absolute Gasteiger partial charge is 0.146 e. The zero-order valence-electron chi connectivity index (χ0n) is 10.0. The number of hydrogen-bond donors (Lipinski definition) is 1. The number of hydrogen-bond acceptors (Lipinski definition) is 5. The quantitative estimate of drug-likeness (QED) is 0.879. The van der Waals surface area contributed by atoms with E-state index in [4.69, 9.17) is 11.0 Å². The summed E-state index contributed by atoms with van der Waals surface area (Å²) in [7, 11) is 1.87. The van der Waals surface area contributed by atoms with E-state index in [1.165, 1.54) is 0 Å². The average molecular weight is 239 g/mol. The van der Waals surface area contributed by atoms with Crippen LogP contribution >= 0.6 is 0 Å². The third-order valence-electron chi connectivity index (χ3n) is 2.50. The second-order valence-corrected chi connectivity index (χ2v) is 3.93. The Morgan fingerprint density at radius 2 is 2.22 bits per heavy atom. The second-order valence-electron chi connectivity index (χ2n) is 3.93. The molecule has 2 heterocycles. The minimum absolute atomic E-state index is 0.466. The first-order valence-corrected chi connectivity index (χ1v) is 5.47. The number of pyridine rings is 2. The predicted molar refractivity (Wildman–Crippen MR) is 69.7 cm³/mol. The van der Waals surface area contributed by atoms with Crippen molar-refractivity contribution in [3.63, 3.8) is 0 Å². The molecule has 18 heavy (non-hydrogen) atoms. The van der Waals surface area contributed by atoms with Crippen LogP contribution in [0.3, 0.4) is 0 Å². The van der Waals surface area contributed by atoms with Crippen molar-refractivity contribution in [1.29, 1.82) is 5.26 Å². The largest absolute Gasteiger partial charge is 0.397 e. The van der Waals surface area contributed by atoms with Crippen LogP contribution in [0, 0.1) is 11.3 Å². The van der Waals surface area contributed by atoms with E-state index in [-0.39, 0.29) is 0 Å². The first-order valence-electron chi connectivity index (χ1n) is 5.47. The minimum atomic E-state index is 0.466. The van der Waals surface area contributed by atoms with Crippen molar-refractivity contribution >= 4 is 11.5 Å². The van der Waals surface area contributed by atoms with Gasteiger partial charge in [0.15, 0.2) is 0 Å². The van der Waals surface area contributed by atoms with Gasteiger partial charge in [-0.05, 0) is 18.2 Å². The molecular weight excluding hydrogens is 226 g/mol. The van der Waals surface area contributed by atoms with Gasteiger partial charge in [-0.3, -0.25) is 4.98 Å². The molecule has 0 aliphatic heterocycles. The van der Waals surface area contributed by atoms with Crippen molar-refractivity contribution in [2.75, 3.05) is 17.7 Å². The molecule has 0 bridgehead atoms. The molecule has 5 heteroatoms. The van der Waals surface area contributed by atoms with Gasteiger partial charge in [0.05, 0.1) is 29.7 Å². The molecule has 2 aromatic rings. The molecule has 0 unspecified atom stereocenters. The fourth-order valence-electron chi connectivity index (χ4n) is 1.67. The Labute approximate surface area is 106 Å². The summed E-state index contributed by atoms with van der Waals surface area (Å²) in [5, 5.41) is 9.07. The number of nitriles is 1. The molecule has 0 atom stereocenters. The molecule has 0 fully saturated rings. The van der Waals surface area contributed by atoms with Crippen molar-refractivity contribution in [3.05, 3.63) is 47.9 Å². The maximum Gasteiger partial charge on any atom is 0.146 e. The Bertz CT molecular complexity index is 574. The lowest BCUT2D eigenvalue weighted by Crippen LogP contribution is -2.19. The number of nitrogens with zero attached hydrogens (tertiary/aromatic N) is 4. The van der Waals surface area contributed by atoms with E-state index in [9.17, 15) is 0 Å². The van der Waals surface area contributed by atoms with Crippen molar-refractivity contribution < 1.29 is 0 Å². The van der Waals surface area contributed by atoms with Gasteiger partial charge in [0.1, 0.15) is 11.9 Å². The predicted octanol–water partition coefficient (Wildman–Crippen LogP) is 1.57. The molecule has 2 N–H and O–H groups in total. The molecule has 0 spiro atoms. The SMILES string of the molecule is CN(Cc1ccccn1)c1ncc(N)cc1C#N. The van der Waals surface area contributed by atoms with Crippen molar-refractivity contribution in [2.24, 2.45) is 0 Å². The first kappa shape index (κ1) is 11.9. The van der Waals surface area contributed by atoms with E-state index in [2.05, 4.69) is 16.0 Å². The Morgan fingerprint density at radius 1 is 1.39 bits per heavy atom. The van der Waals surface area contributed by atoms with Crippen LogP contribution < -0.4 is 10.6 Å². The normalized spacial score (nSPS) is 9.78. The fraction of sp³-hybridized carbons (Fsp3) is 0.154. The summed E-state index contributed by atoms with van der Waals surface area (Å²) in [6, 6.07) is 9.45. The first-order chi connectivity index (χ1) is 8.70. The van der Waals surface area contributed by atoms with Crippen LogP contribution in [0.1, 0.15) is 11.3 Å². The molecule has 0 amide bonds. The Kier molecular flexibility index (Phi) is 3.39. The van der Waals surface area contributed by atoms with Gasteiger partial charge in [-0.25, -0.2) is 4.98 Å². The summed E-state index contributed by atoms with van der Waals surface area (Å²) in [5.74, 6) is 0.609. The molecule has 0 radical (unpaired) electrons. The second kappa shape index (κ2) is 5.15. The van der Waals surface area contributed by atoms with Gasteiger partial charge in [-0.2, -0.15) is 5.26 Å². The topological polar surface area (TPSA) is 78.8 Å². The molecule has 0 aliphatic carbocycles. The Hall–Kier alpha value is -2.61. The number of nitrogen functional groups attached to an aromatic ring is 1. The highest BCUT2D eigenvalue weighted by atomic mass is 15.2. The monoisotopic (exact) mass is 239 g/mol. The summed E-state index contributed by atoms with van der Waals surface area (Å²) in [4.78, 5) is 10.3. The molecular formula is C13H13N5. The van der Waals surface area contributed by atoms with E-state index >= 15 is 0 Å². The highest BCUT2D eigenvalue weighted by Gasteiger charge is 2.10. The summed E-state index contributed by atoms with van der Waals surface area (Å²) in [6.45, 7) is 0.590. The lowest BCUT2D eigenvalue weighted by molar-refractivity contribution is 0.864. The molecule has 5 nitrogen and oxygen atoms in total. The van der Waals surface area contributed by atoms with Crippen LogP contribution in [-0.2, 0) is 6.54 Å². The van der Waals surface area contributed by atoms with Crippen molar-refractivity contribution in [2.45, 2.75) is 6.54 Å². The molecule has 0 aliphatic rings. The summed E-state index contributed by atoms with van der Waals surface area (Å²) >= 11 is 0. The highest BCUT2D eigenvalue weighted by molar-refractivity contribution is 5.58. The van der Waals surface area contributed by atoms with Crippen molar-refractivity contribution in [1.82, 2.24) is 9.97 Å². The van der Waals surface area contributed by atoms with Crippen LogP contribution in [-0.4, -0.2) is 17.0 Å². The van der Waals surface area contributed by atoms with E-state index in [1.54, 1.807) is 18.5 Å². The average Bonchev–Trinajstić information content (AvgIpc) is 2.39. The molecule has 0 saturated heterocycles.